The highest BCUT2D eigenvalue weighted by Gasteiger charge is 2.45. The van der Waals surface area contributed by atoms with E-state index in [9.17, 15) is 21.6 Å². The van der Waals surface area contributed by atoms with Crippen molar-refractivity contribution in [3.63, 3.8) is 0 Å². The van der Waals surface area contributed by atoms with Crippen molar-refractivity contribution in [1.29, 1.82) is 0 Å². The monoisotopic (exact) mass is 423 g/mol. The lowest BCUT2D eigenvalue weighted by Gasteiger charge is -2.25. The fourth-order valence-corrected chi connectivity index (χ4v) is 4.85. The number of rotatable bonds is 6. The van der Waals surface area contributed by atoms with E-state index in [1.165, 1.54) is 12.1 Å². The predicted molar refractivity (Wildman–Crippen MR) is 99.4 cm³/mol. The first-order chi connectivity index (χ1) is 13.0. The van der Waals surface area contributed by atoms with Crippen LogP contribution in [0.15, 0.2) is 12.1 Å². The molecule has 28 heavy (non-hydrogen) atoms. The van der Waals surface area contributed by atoms with Gasteiger partial charge in [0.25, 0.3) is 0 Å². The zero-order valence-electron chi connectivity index (χ0n) is 15.8. The number of nitrogens with zero attached hydrogens (tertiary/aromatic N) is 2. The summed E-state index contributed by atoms with van der Waals surface area (Å²) in [6, 6.07) is 2.87. The van der Waals surface area contributed by atoms with E-state index in [1.54, 1.807) is 25.0 Å². The minimum absolute atomic E-state index is 0.252. The second kappa shape index (κ2) is 7.58. The molecule has 12 heteroatoms. The van der Waals surface area contributed by atoms with Gasteiger partial charge in [0.15, 0.2) is 0 Å². The molecule has 1 fully saturated rings. The fourth-order valence-electron chi connectivity index (χ4n) is 3.45. The minimum Gasteiger partial charge on any atom is -0.494 e. The molecule has 3 N–H and O–H groups in total. The summed E-state index contributed by atoms with van der Waals surface area (Å²) in [5.41, 5.74) is 7.61. The summed E-state index contributed by atoms with van der Waals surface area (Å²) in [5, 5.41) is 3.03. The van der Waals surface area contributed by atoms with Crippen LogP contribution >= 0.6 is 0 Å². The summed E-state index contributed by atoms with van der Waals surface area (Å²) in [6.45, 7) is 1.59. The number of methoxy groups -OCH3 is 1. The van der Waals surface area contributed by atoms with Crippen molar-refractivity contribution in [3.8, 4) is 5.75 Å². The van der Waals surface area contributed by atoms with E-state index in [0.717, 1.165) is 5.56 Å². The third kappa shape index (κ3) is 4.29. The molecule has 0 bridgehead atoms. The standard InChI is InChI=1S/C16H24F3N5O3S/c1-10(24-8-12(7-21-24)16(17,18)19)9-28(25,26)22-14-13(27-3)5-4-11-6-20-23(2)15(11)14/h4-5,10,12,20-22H,6-9H2,1-3H3. The molecule has 0 spiro atoms. The first kappa shape index (κ1) is 21.0. The third-order valence-electron chi connectivity index (χ3n) is 4.96. The van der Waals surface area contributed by atoms with E-state index in [0.29, 0.717) is 23.7 Å². The van der Waals surface area contributed by atoms with Crippen LogP contribution in [-0.2, 0) is 16.6 Å². The van der Waals surface area contributed by atoms with Gasteiger partial charge in [-0.1, -0.05) is 6.07 Å². The lowest BCUT2D eigenvalue weighted by atomic mass is 10.1. The number of anilines is 2. The van der Waals surface area contributed by atoms with Gasteiger partial charge in [-0.3, -0.25) is 10.1 Å². The number of fused-ring (bicyclic) bond motifs is 1. The van der Waals surface area contributed by atoms with E-state index in [4.69, 9.17) is 4.74 Å². The predicted octanol–water partition coefficient (Wildman–Crippen LogP) is 1.28. The van der Waals surface area contributed by atoms with Crippen LogP contribution in [0.4, 0.5) is 24.5 Å². The number of alkyl halides is 3. The maximum Gasteiger partial charge on any atom is 0.394 e. The van der Waals surface area contributed by atoms with Crippen LogP contribution in [-0.4, -0.2) is 58.6 Å². The van der Waals surface area contributed by atoms with Gasteiger partial charge < -0.3 is 9.75 Å². The lowest BCUT2D eigenvalue weighted by Crippen LogP contribution is -2.43. The summed E-state index contributed by atoms with van der Waals surface area (Å²) in [5.74, 6) is -1.51. The molecule has 8 nitrogen and oxygen atoms in total. The third-order valence-corrected chi connectivity index (χ3v) is 6.39. The second-order valence-electron chi connectivity index (χ2n) is 7.03. The zero-order valence-corrected chi connectivity index (χ0v) is 16.6. The Morgan fingerprint density at radius 1 is 1.36 bits per heavy atom. The topological polar surface area (TPSA) is 85.9 Å². The molecule has 0 aromatic heterocycles. The van der Waals surface area contributed by atoms with Crippen molar-refractivity contribution >= 4 is 21.4 Å². The maximum absolute atomic E-state index is 12.8. The van der Waals surface area contributed by atoms with Crippen LogP contribution in [0.3, 0.4) is 0 Å². The van der Waals surface area contributed by atoms with Gasteiger partial charge in [0.1, 0.15) is 11.4 Å². The molecule has 2 atom stereocenters. The number of hydrogen-bond acceptors (Lipinski definition) is 7. The highest BCUT2D eigenvalue weighted by Crippen LogP contribution is 2.40. The molecule has 0 radical (unpaired) electrons. The Kier molecular flexibility index (Phi) is 5.67. The van der Waals surface area contributed by atoms with Crippen molar-refractivity contribution in [1.82, 2.24) is 15.9 Å². The van der Waals surface area contributed by atoms with Gasteiger partial charge >= 0.3 is 6.18 Å². The van der Waals surface area contributed by atoms with Crippen LogP contribution in [0.2, 0.25) is 0 Å². The molecular weight excluding hydrogens is 399 g/mol. The first-order valence-corrected chi connectivity index (χ1v) is 10.4. The zero-order chi connectivity index (χ0) is 20.7. The number of hydrazine groups is 2. The Morgan fingerprint density at radius 2 is 2.07 bits per heavy atom. The number of nitrogens with one attached hydrogen (secondary N) is 3. The number of hydrogen-bond donors (Lipinski definition) is 3. The number of ether oxygens (including phenoxy) is 1. The molecule has 1 aromatic carbocycles. The SMILES string of the molecule is COc1ccc2c(c1NS(=O)(=O)CC(C)N1CC(C(F)(F)F)CN1)N(C)NC2. The van der Waals surface area contributed by atoms with Crippen molar-refractivity contribution in [2.24, 2.45) is 5.92 Å². The molecule has 0 aliphatic carbocycles. The molecule has 0 saturated carbocycles. The van der Waals surface area contributed by atoms with Crippen molar-refractivity contribution in [3.05, 3.63) is 17.7 Å². The van der Waals surface area contributed by atoms with Crippen LogP contribution in [0.5, 0.6) is 5.75 Å². The van der Waals surface area contributed by atoms with Gasteiger partial charge in [-0.15, -0.1) is 0 Å². The Labute approximate surface area is 162 Å². The van der Waals surface area contributed by atoms with E-state index in [1.807, 2.05) is 6.07 Å². The smallest absolute Gasteiger partial charge is 0.394 e. The Balaban J connectivity index is 1.74. The Morgan fingerprint density at radius 3 is 2.68 bits per heavy atom. The largest absolute Gasteiger partial charge is 0.494 e. The van der Waals surface area contributed by atoms with E-state index in [2.05, 4.69) is 15.6 Å². The van der Waals surface area contributed by atoms with Crippen LogP contribution in [0.25, 0.3) is 0 Å². The van der Waals surface area contributed by atoms with Crippen LogP contribution in [0, 0.1) is 5.92 Å². The fraction of sp³-hybridized carbons (Fsp3) is 0.625. The average Bonchev–Trinajstić information content (AvgIpc) is 3.22. The molecule has 2 aliphatic heterocycles. The number of halogens is 3. The van der Waals surface area contributed by atoms with E-state index in [-0.39, 0.29) is 18.8 Å². The minimum atomic E-state index is -4.31. The summed E-state index contributed by atoms with van der Waals surface area (Å²) in [6.07, 6.45) is -4.31. The normalized spacial score (nSPS) is 21.6. The van der Waals surface area contributed by atoms with Gasteiger partial charge in [-0.25, -0.2) is 18.9 Å². The van der Waals surface area contributed by atoms with Crippen molar-refractivity contribution in [2.75, 3.05) is 42.7 Å². The number of sulfonamides is 1. The van der Waals surface area contributed by atoms with Gasteiger partial charge in [0, 0.05) is 32.7 Å². The summed E-state index contributed by atoms with van der Waals surface area (Å²) >= 11 is 0. The molecule has 2 unspecified atom stereocenters. The van der Waals surface area contributed by atoms with Gasteiger partial charge in [0.2, 0.25) is 10.0 Å². The lowest BCUT2D eigenvalue weighted by molar-refractivity contribution is -0.167. The average molecular weight is 423 g/mol. The maximum atomic E-state index is 12.8. The van der Waals surface area contributed by atoms with Gasteiger partial charge in [0.05, 0.1) is 24.5 Å². The Hall–Kier alpha value is -1.76. The Bertz CT molecular complexity index is 834. The molecular formula is C16H24F3N5O3S. The molecule has 2 aliphatic rings. The quantitative estimate of drug-likeness (QED) is 0.636. The number of benzene rings is 1. The summed E-state index contributed by atoms with van der Waals surface area (Å²) in [4.78, 5) is 0. The van der Waals surface area contributed by atoms with Gasteiger partial charge in [-0.05, 0) is 18.6 Å². The first-order valence-electron chi connectivity index (χ1n) is 8.76. The van der Waals surface area contributed by atoms with Gasteiger partial charge in [-0.2, -0.15) is 13.2 Å². The molecule has 0 amide bonds. The molecule has 158 valence electrons. The summed E-state index contributed by atoms with van der Waals surface area (Å²) < 4.78 is 71.9. The van der Waals surface area contributed by atoms with E-state index >= 15 is 0 Å². The second-order valence-corrected chi connectivity index (χ2v) is 8.80. The highest BCUT2D eigenvalue weighted by molar-refractivity contribution is 7.92. The molecule has 1 saturated heterocycles. The highest BCUT2D eigenvalue weighted by atomic mass is 32.2. The van der Waals surface area contributed by atoms with Crippen LogP contribution in [0.1, 0.15) is 12.5 Å². The molecule has 1 aromatic rings. The van der Waals surface area contributed by atoms with Crippen molar-refractivity contribution in [2.45, 2.75) is 25.7 Å². The van der Waals surface area contributed by atoms with Crippen molar-refractivity contribution < 1.29 is 26.3 Å². The summed E-state index contributed by atoms with van der Waals surface area (Å²) in [7, 11) is -0.648. The van der Waals surface area contributed by atoms with Crippen LogP contribution < -0.4 is 25.3 Å². The van der Waals surface area contributed by atoms with E-state index < -0.39 is 28.2 Å². The molecule has 3 rings (SSSR count). The molecule has 2 heterocycles.